The largest absolute Gasteiger partial charge is 0.422 e. The Labute approximate surface area is 137 Å². The number of para-hydroxylation sites is 1. The second-order valence-electron chi connectivity index (χ2n) is 5.20. The van der Waals surface area contributed by atoms with Gasteiger partial charge in [0.25, 0.3) is 5.91 Å². The molecule has 0 aliphatic heterocycles. The lowest BCUT2D eigenvalue weighted by Crippen LogP contribution is -2.20. The highest BCUT2D eigenvalue weighted by Gasteiger charge is 2.14. The third-order valence-corrected chi connectivity index (χ3v) is 3.33. The van der Waals surface area contributed by atoms with Gasteiger partial charge in [-0.1, -0.05) is 24.3 Å². The van der Waals surface area contributed by atoms with Crippen LogP contribution in [0.2, 0.25) is 0 Å². The average molecular weight is 322 g/mol. The van der Waals surface area contributed by atoms with Crippen LogP contribution in [0.25, 0.3) is 11.0 Å². The summed E-state index contributed by atoms with van der Waals surface area (Å²) in [4.78, 5) is 35.4. The fraction of sp³-hybridized carbons (Fsp3) is 0.0556. The smallest absolute Gasteiger partial charge is 0.349 e. The van der Waals surface area contributed by atoms with E-state index in [0.29, 0.717) is 22.3 Å². The van der Waals surface area contributed by atoms with Gasteiger partial charge in [-0.05, 0) is 30.3 Å². The molecule has 120 valence electrons. The van der Waals surface area contributed by atoms with Crippen molar-refractivity contribution in [2.24, 2.45) is 0 Å². The second kappa shape index (κ2) is 6.37. The van der Waals surface area contributed by atoms with Crippen LogP contribution in [0.5, 0.6) is 0 Å². The molecule has 0 atom stereocenters. The molecule has 24 heavy (non-hydrogen) atoms. The number of nitrogens with one attached hydrogen (secondary N) is 2. The molecule has 0 unspecified atom stereocenters. The summed E-state index contributed by atoms with van der Waals surface area (Å²) in [6.45, 7) is 1.39. The van der Waals surface area contributed by atoms with Crippen LogP contribution in [0.15, 0.2) is 63.8 Å². The van der Waals surface area contributed by atoms with Crippen molar-refractivity contribution < 1.29 is 14.0 Å². The number of hydrogen-bond donors (Lipinski definition) is 2. The summed E-state index contributed by atoms with van der Waals surface area (Å²) in [5.74, 6) is -0.789. The van der Waals surface area contributed by atoms with Crippen LogP contribution in [0.4, 0.5) is 11.4 Å². The number of rotatable bonds is 3. The first-order chi connectivity index (χ1) is 11.5. The predicted octanol–water partition coefficient (Wildman–Crippen LogP) is 3.00. The maximum Gasteiger partial charge on any atom is 0.349 e. The molecular weight excluding hydrogens is 308 g/mol. The van der Waals surface area contributed by atoms with Crippen LogP contribution >= 0.6 is 0 Å². The molecule has 0 fully saturated rings. The van der Waals surface area contributed by atoms with Crippen molar-refractivity contribution in [3.63, 3.8) is 0 Å². The summed E-state index contributed by atoms with van der Waals surface area (Å²) >= 11 is 0. The van der Waals surface area contributed by atoms with E-state index < -0.39 is 11.5 Å². The van der Waals surface area contributed by atoms with Gasteiger partial charge in [0.2, 0.25) is 5.91 Å². The third kappa shape index (κ3) is 3.33. The van der Waals surface area contributed by atoms with Crippen LogP contribution in [0.3, 0.4) is 0 Å². The van der Waals surface area contributed by atoms with Crippen molar-refractivity contribution in [2.45, 2.75) is 6.92 Å². The molecule has 6 heteroatoms. The second-order valence-corrected chi connectivity index (χ2v) is 5.20. The first-order valence-electron chi connectivity index (χ1n) is 7.25. The van der Waals surface area contributed by atoms with Gasteiger partial charge < -0.3 is 15.1 Å². The Kier molecular flexibility index (Phi) is 4.11. The molecule has 1 heterocycles. The van der Waals surface area contributed by atoms with Crippen molar-refractivity contribution >= 4 is 34.2 Å². The molecular formula is C18H14N2O4. The van der Waals surface area contributed by atoms with Crippen molar-refractivity contribution in [1.82, 2.24) is 0 Å². The molecule has 2 N–H and O–H groups in total. The highest BCUT2D eigenvalue weighted by Crippen LogP contribution is 2.17. The van der Waals surface area contributed by atoms with E-state index in [1.54, 1.807) is 48.5 Å². The molecule has 0 aliphatic carbocycles. The number of carbonyl (C=O) groups is 2. The normalized spacial score (nSPS) is 10.4. The topological polar surface area (TPSA) is 88.4 Å². The standard InChI is InChI=1S/C18H14N2O4/c1-11(21)19-13-6-4-7-14(10-13)20-17(22)15-9-12-5-2-3-8-16(12)24-18(15)23/h2-10H,1H3,(H,19,21)(H,20,22). The molecule has 2 amide bonds. The molecule has 0 bridgehead atoms. The fourth-order valence-corrected chi connectivity index (χ4v) is 2.30. The molecule has 3 rings (SSSR count). The first kappa shape index (κ1) is 15.5. The van der Waals surface area contributed by atoms with E-state index in [9.17, 15) is 14.4 Å². The highest BCUT2D eigenvalue weighted by molar-refractivity contribution is 6.05. The Morgan fingerprint density at radius 2 is 1.62 bits per heavy atom. The van der Waals surface area contributed by atoms with E-state index in [2.05, 4.69) is 10.6 Å². The Morgan fingerprint density at radius 1 is 0.917 bits per heavy atom. The van der Waals surface area contributed by atoms with Crippen LogP contribution in [0, 0.1) is 0 Å². The van der Waals surface area contributed by atoms with Crippen molar-refractivity contribution in [2.75, 3.05) is 10.6 Å². The Morgan fingerprint density at radius 3 is 2.38 bits per heavy atom. The monoisotopic (exact) mass is 322 g/mol. The first-order valence-corrected chi connectivity index (χ1v) is 7.25. The molecule has 0 saturated heterocycles. The summed E-state index contributed by atoms with van der Waals surface area (Å²) in [5, 5.41) is 5.91. The van der Waals surface area contributed by atoms with Crippen molar-refractivity contribution in [3.05, 3.63) is 70.6 Å². The van der Waals surface area contributed by atoms with Gasteiger partial charge in [-0.25, -0.2) is 4.79 Å². The van der Waals surface area contributed by atoms with E-state index in [1.807, 2.05) is 0 Å². The average Bonchev–Trinajstić information content (AvgIpc) is 2.53. The molecule has 1 aromatic heterocycles. The van der Waals surface area contributed by atoms with Gasteiger partial charge in [-0.3, -0.25) is 9.59 Å². The molecule has 3 aromatic rings. The van der Waals surface area contributed by atoms with Crippen LogP contribution in [0.1, 0.15) is 17.3 Å². The maximum atomic E-state index is 12.4. The zero-order valence-corrected chi connectivity index (χ0v) is 12.8. The van der Waals surface area contributed by atoms with Gasteiger partial charge in [0.15, 0.2) is 0 Å². The lowest BCUT2D eigenvalue weighted by Gasteiger charge is -2.07. The van der Waals surface area contributed by atoms with Gasteiger partial charge in [-0.2, -0.15) is 0 Å². The zero-order valence-electron chi connectivity index (χ0n) is 12.8. The molecule has 0 spiro atoms. The maximum absolute atomic E-state index is 12.4. The Bertz CT molecular complexity index is 991. The predicted molar refractivity (Wildman–Crippen MR) is 91.2 cm³/mol. The minimum absolute atomic E-state index is 0.0846. The molecule has 0 saturated carbocycles. The number of anilines is 2. The summed E-state index contributed by atoms with van der Waals surface area (Å²) in [7, 11) is 0. The fourth-order valence-electron chi connectivity index (χ4n) is 2.30. The van der Waals surface area contributed by atoms with E-state index in [1.165, 1.54) is 13.0 Å². The SMILES string of the molecule is CC(=O)Nc1cccc(NC(=O)c2cc3ccccc3oc2=O)c1. The zero-order chi connectivity index (χ0) is 17.1. The molecule has 2 aromatic carbocycles. The number of benzene rings is 2. The summed E-state index contributed by atoms with van der Waals surface area (Å²) in [5.41, 5.74) is 0.638. The number of fused-ring (bicyclic) bond motifs is 1. The summed E-state index contributed by atoms with van der Waals surface area (Å²) in [6, 6.07) is 15.1. The third-order valence-electron chi connectivity index (χ3n) is 3.33. The number of carbonyl (C=O) groups excluding carboxylic acids is 2. The van der Waals surface area contributed by atoms with Crippen molar-refractivity contribution in [1.29, 1.82) is 0 Å². The van der Waals surface area contributed by atoms with Crippen LogP contribution in [-0.2, 0) is 4.79 Å². The lowest BCUT2D eigenvalue weighted by molar-refractivity contribution is -0.114. The van der Waals surface area contributed by atoms with Gasteiger partial charge in [0.1, 0.15) is 11.1 Å². The Balaban J connectivity index is 1.89. The van der Waals surface area contributed by atoms with Gasteiger partial charge in [-0.15, -0.1) is 0 Å². The van der Waals surface area contributed by atoms with E-state index in [4.69, 9.17) is 4.42 Å². The summed E-state index contributed by atoms with van der Waals surface area (Å²) in [6.07, 6.45) is 0. The molecule has 0 aliphatic rings. The van der Waals surface area contributed by atoms with Gasteiger partial charge >= 0.3 is 5.63 Å². The number of amides is 2. The number of hydrogen-bond acceptors (Lipinski definition) is 4. The van der Waals surface area contributed by atoms with Crippen LogP contribution in [-0.4, -0.2) is 11.8 Å². The van der Waals surface area contributed by atoms with E-state index in [0.717, 1.165) is 0 Å². The Hall–Kier alpha value is -3.41. The quantitative estimate of drug-likeness (QED) is 0.726. The van der Waals surface area contributed by atoms with Crippen molar-refractivity contribution in [3.8, 4) is 0 Å². The molecule has 6 nitrogen and oxygen atoms in total. The minimum atomic E-state index is -0.704. The minimum Gasteiger partial charge on any atom is -0.422 e. The van der Waals surface area contributed by atoms with Gasteiger partial charge in [0, 0.05) is 23.7 Å². The molecule has 0 radical (unpaired) electrons. The van der Waals surface area contributed by atoms with E-state index >= 15 is 0 Å². The van der Waals surface area contributed by atoms with Gasteiger partial charge in [0.05, 0.1) is 0 Å². The van der Waals surface area contributed by atoms with E-state index in [-0.39, 0.29) is 11.5 Å². The highest BCUT2D eigenvalue weighted by atomic mass is 16.4. The summed E-state index contributed by atoms with van der Waals surface area (Å²) < 4.78 is 5.15. The lowest BCUT2D eigenvalue weighted by atomic mass is 10.1. The van der Waals surface area contributed by atoms with Crippen LogP contribution < -0.4 is 16.3 Å².